The van der Waals surface area contributed by atoms with E-state index in [2.05, 4.69) is 34.5 Å². The summed E-state index contributed by atoms with van der Waals surface area (Å²) < 4.78 is 5.55. The summed E-state index contributed by atoms with van der Waals surface area (Å²) >= 11 is 0. The number of nitrogens with one attached hydrogen (secondary N) is 1. The maximum atomic E-state index is 5.55. The predicted molar refractivity (Wildman–Crippen MR) is 77.4 cm³/mol. The van der Waals surface area contributed by atoms with E-state index in [0.29, 0.717) is 0 Å². The van der Waals surface area contributed by atoms with Crippen LogP contribution >= 0.6 is 0 Å². The molecule has 1 fully saturated rings. The molecular weight excluding hydrogens is 250 g/mol. The first kappa shape index (κ1) is 13.3. The Kier molecular flexibility index (Phi) is 3.83. The van der Waals surface area contributed by atoms with Crippen LogP contribution in [-0.4, -0.2) is 16.7 Å². The van der Waals surface area contributed by atoms with Gasteiger partial charge in [0.2, 0.25) is 5.89 Å². The normalized spacial score (nSPS) is 22.2. The summed E-state index contributed by atoms with van der Waals surface area (Å²) in [5.41, 5.74) is 1.13. The fourth-order valence-electron chi connectivity index (χ4n) is 3.03. The number of rotatable bonds is 5. The average molecular weight is 271 g/mol. The molecule has 1 atom stereocenters. The summed E-state index contributed by atoms with van der Waals surface area (Å²) in [4.78, 5) is 4.64. The lowest BCUT2D eigenvalue weighted by Crippen LogP contribution is -2.37. The minimum atomic E-state index is -0.0866. The Bertz CT molecular complexity index is 544. The Hall–Kier alpha value is -1.68. The van der Waals surface area contributed by atoms with Crippen molar-refractivity contribution in [2.24, 2.45) is 0 Å². The first-order valence-electron chi connectivity index (χ1n) is 7.44. The Morgan fingerprint density at radius 2 is 2.15 bits per heavy atom. The lowest BCUT2D eigenvalue weighted by Gasteiger charge is -2.24. The summed E-state index contributed by atoms with van der Waals surface area (Å²) in [6.45, 7) is 3.24. The quantitative estimate of drug-likeness (QED) is 0.908. The van der Waals surface area contributed by atoms with E-state index in [9.17, 15) is 0 Å². The van der Waals surface area contributed by atoms with Crippen molar-refractivity contribution in [3.8, 4) is 0 Å². The molecule has 1 aromatic heterocycles. The van der Waals surface area contributed by atoms with E-state index in [0.717, 1.165) is 43.9 Å². The second-order valence-corrected chi connectivity index (χ2v) is 5.54. The van der Waals surface area contributed by atoms with E-state index in [1.807, 2.05) is 18.2 Å². The summed E-state index contributed by atoms with van der Waals surface area (Å²) in [5, 5.41) is 7.73. The fraction of sp³-hybridized carbons (Fsp3) is 0.500. The lowest BCUT2D eigenvalue weighted by molar-refractivity contribution is 0.240. The molecule has 0 spiro atoms. The highest BCUT2D eigenvalue weighted by molar-refractivity contribution is 5.19. The van der Waals surface area contributed by atoms with E-state index in [1.165, 1.54) is 12.0 Å². The number of benzene rings is 1. The monoisotopic (exact) mass is 271 g/mol. The van der Waals surface area contributed by atoms with Gasteiger partial charge in [0.25, 0.3) is 0 Å². The largest absolute Gasteiger partial charge is 0.337 e. The number of nitrogens with zero attached hydrogens (tertiary/aromatic N) is 2. The molecule has 0 amide bonds. The van der Waals surface area contributed by atoms with Crippen molar-refractivity contribution >= 4 is 0 Å². The lowest BCUT2D eigenvalue weighted by atomic mass is 9.92. The van der Waals surface area contributed by atoms with Gasteiger partial charge in [-0.25, -0.2) is 0 Å². The van der Waals surface area contributed by atoms with Crippen LogP contribution in [0.15, 0.2) is 34.9 Å². The first-order chi connectivity index (χ1) is 9.82. The van der Waals surface area contributed by atoms with Crippen molar-refractivity contribution in [1.82, 2.24) is 15.5 Å². The Morgan fingerprint density at radius 3 is 2.85 bits per heavy atom. The van der Waals surface area contributed by atoms with Crippen molar-refractivity contribution in [1.29, 1.82) is 0 Å². The maximum absolute atomic E-state index is 5.55. The van der Waals surface area contributed by atoms with Gasteiger partial charge in [0.1, 0.15) is 0 Å². The van der Waals surface area contributed by atoms with Crippen LogP contribution < -0.4 is 5.32 Å². The van der Waals surface area contributed by atoms with Crippen molar-refractivity contribution in [2.75, 3.05) is 6.54 Å². The summed E-state index contributed by atoms with van der Waals surface area (Å²) in [6, 6.07) is 10.3. The maximum Gasteiger partial charge on any atom is 0.246 e. The summed E-state index contributed by atoms with van der Waals surface area (Å²) in [6.07, 6.45) is 5.17. The molecule has 1 aliphatic heterocycles. The molecule has 4 nitrogen and oxygen atoms in total. The fourth-order valence-corrected chi connectivity index (χ4v) is 3.03. The standard InChI is InChI=1S/C16H21N3O/c1-2-9-16(10-6-11-17-16)15-18-14(19-20-15)12-13-7-4-3-5-8-13/h3-5,7-8,17H,2,6,9-12H2,1H3. The second kappa shape index (κ2) is 5.75. The van der Waals surface area contributed by atoms with Crippen molar-refractivity contribution < 1.29 is 4.52 Å². The molecule has 0 aliphatic carbocycles. The van der Waals surface area contributed by atoms with Gasteiger partial charge in [-0.2, -0.15) is 4.98 Å². The minimum Gasteiger partial charge on any atom is -0.337 e. The zero-order chi connectivity index (χ0) is 13.8. The van der Waals surface area contributed by atoms with Crippen LogP contribution in [0.3, 0.4) is 0 Å². The first-order valence-corrected chi connectivity index (χ1v) is 7.44. The molecule has 2 aromatic rings. The van der Waals surface area contributed by atoms with Crippen LogP contribution in [0.25, 0.3) is 0 Å². The molecular formula is C16H21N3O. The van der Waals surface area contributed by atoms with Crippen molar-refractivity contribution in [3.05, 3.63) is 47.6 Å². The van der Waals surface area contributed by atoms with Gasteiger partial charge in [-0.1, -0.05) is 48.8 Å². The Labute approximate surface area is 119 Å². The molecule has 2 heterocycles. The van der Waals surface area contributed by atoms with Crippen LogP contribution in [-0.2, 0) is 12.0 Å². The van der Waals surface area contributed by atoms with Gasteiger partial charge in [0.05, 0.1) is 5.54 Å². The van der Waals surface area contributed by atoms with Crippen LogP contribution in [0.5, 0.6) is 0 Å². The van der Waals surface area contributed by atoms with Gasteiger partial charge in [0.15, 0.2) is 5.82 Å². The molecule has 1 N–H and O–H groups in total. The molecule has 0 saturated carbocycles. The molecule has 106 valence electrons. The van der Waals surface area contributed by atoms with Crippen LogP contribution in [0, 0.1) is 0 Å². The van der Waals surface area contributed by atoms with Crippen LogP contribution in [0.2, 0.25) is 0 Å². The third kappa shape index (κ3) is 2.61. The van der Waals surface area contributed by atoms with E-state index in [-0.39, 0.29) is 5.54 Å². The number of aromatic nitrogens is 2. The molecule has 0 radical (unpaired) electrons. The van der Waals surface area contributed by atoms with Gasteiger partial charge in [-0.15, -0.1) is 0 Å². The molecule has 20 heavy (non-hydrogen) atoms. The van der Waals surface area contributed by atoms with E-state index in [1.54, 1.807) is 0 Å². The van der Waals surface area contributed by atoms with E-state index < -0.39 is 0 Å². The molecule has 0 bridgehead atoms. The smallest absolute Gasteiger partial charge is 0.246 e. The van der Waals surface area contributed by atoms with E-state index >= 15 is 0 Å². The highest BCUT2D eigenvalue weighted by Gasteiger charge is 2.39. The summed E-state index contributed by atoms with van der Waals surface area (Å²) in [7, 11) is 0. The van der Waals surface area contributed by atoms with Gasteiger partial charge >= 0.3 is 0 Å². The molecule has 1 aromatic carbocycles. The zero-order valence-corrected chi connectivity index (χ0v) is 11.9. The van der Waals surface area contributed by atoms with Crippen molar-refractivity contribution in [3.63, 3.8) is 0 Å². The number of hydrogen-bond donors (Lipinski definition) is 1. The molecule has 1 aliphatic rings. The summed E-state index contributed by atoms with van der Waals surface area (Å²) in [5.74, 6) is 1.54. The van der Waals surface area contributed by atoms with Gasteiger partial charge in [0, 0.05) is 6.42 Å². The van der Waals surface area contributed by atoms with Gasteiger partial charge < -0.3 is 9.84 Å². The molecule has 3 rings (SSSR count). The Morgan fingerprint density at radius 1 is 1.30 bits per heavy atom. The zero-order valence-electron chi connectivity index (χ0n) is 11.9. The van der Waals surface area contributed by atoms with Crippen LogP contribution in [0.1, 0.15) is 49.9 Å². The number of hydrogen-bond acceptors (Lipinski definition) is 4. The molecule has 1 saturated heterocycles. The highest BCUT2D eigenvalue weighted by atomic mass is 16.5. The Balaban J connectivity index is 1.79. The van der Waals surface area contributed by atoms with Crippen molar-refractivity contribution in [2.45, 2.75) is 44.6 Å². The predicted octanol–water partition coefficient (Wildman–Crippen LogP) is 3.04. The third-order valence-electron chi connectivity index (χ3n) is 4.00. The van der Waals surface area contributed by atoms with E-state index in [4.69, 9.17) is 4.52 Å². The third-order valence-corrected chi connectivity index (χ3v) is 4.00. The topological polar surface area (TPSA) is 51.0 Å². The molecule has 1 unspecified atom stereocenters. The SMILES string of the molecule is CCCC1(c2nc(Cc3ccccc3)no2)CCCN1. The van der Waals surface area contributed by atoms with Gasteiger partial charge in [-0.3, -0.25) is 0 Å². The average Bonchev–Trinajstić information content (AvgIpc) is 3.10. The van der Waals surface area contributed by atoms with Crippen LogP contribution in [0.4, 0.5) is 0 Å². The highest BCUT2D eigenvalue weighted by Crippen LogP contribution is 2.34. The molecule has 4 heteroatoms. The van der Waals surface area contributed by atoms with Gasteiger partial charge in [-0.05, 0) is 31.4 Å². The second-order valence-electron chi connectivity index (χ2n) is 5.54. The minimum absolute atomic E-state index is 0.0866.